The smallest absolute Gasteiger partial charge is 0.255 e. The quantitative estimate of drug-likeness (QED) is 0.568. The number of carbonyl (C=O) groups is 1. The van der Waals surface area contributed by atoms with Gasteiger partial charge in [0, 0.05) is 69.0 Å². The Hall–Kier alpha value is -2.25. The minimum Gasteiger partial charge on any atom is -0.385 e. The number of rotatable bonds is 9. The third-order valence-electron chi connectivity index (χ3n) is 6.18. The number of nitrogens with zero attached hydrogens (tertiary/aromatic N) is 4. The number of methoxy groups -OCH3 is 1. The molecule has 3 rings (SSSR count). The average Bonchev–Trinajstić information content (AvgIpc) is 3.06. The molecule has 170 valence electrons. The maximum atomic E-state index is 13.3. The van der Waals surface area contributed by atoms with Crippen LogP contribution in [0.15, 0.2) is 12.3 Å². The third kappa shape index (κ3) is 5.52. The van der Waals surface area contributed by atoms with Crippen molar-refractivity contribution >= 4 is 5.91 Å². The van der Waals surface area contributed by atoms with Crippen molar-refractivity contribution in [2.24, 2.45) is 0 Å². The van der Waals surface area contributed by atoms with Crippen molar-refractivity contribution < 1.29 is 14.3 Å². The van der Waals surface area contributed by atoms with Gasteiger partial charge in [-0.05, 0) is 53.0 Å². The predicted octanol–water partition coefficient (Wildman–Crippen LogP) is 3.80. The van der Waals surface area contributed by atoms with Crippen LogP contribution in [0.2, 0.25) is 0 Å². The minimum absolute atomic E-state index is 0.137. The molecule has 7 nitrogen and oxygen atoms in total. The van der Waals surface area contributed by atoms with E-state index in [0.29, 0.717) is 19.1 Å². The Morgan fingerprint density at radius 1 is 1.23 bits per heavy atom. The van der Waals surface area contributed by atoms with Gasteiger partial charge in [0.1, 0.15) is 5.82 Å². The first kappa shape index (κ1) is 23.4. The number of aryl methyl sites for hydroxylation is 2. The normalized spacial score (nSPS) is 14.9. The Morgan fingerprint density at radius 3 is 2.65 bits per heavy atom. The van der Waals surface area contributed by atoms with Crippen molar-refractivity contribution in [2.75, 3.05) is 33.4 Å². The number of hydrogen-bond donors (Lipinski definition) is 0. The predicted molar refractivity (Wildman–Crippen MR) is 120 cm³/mol. The molecular formula is C24H36N4O3. The van der Waals surface area contributed by atoms with Crippen LogP contribution in [0.3, 0.4) is 0 Å². The Kier molecular flexibility index (Phi) is 8.21. The minimum atomic E-state index is 0.137. The summed E-state index contributed by atoms with van der Waals surface area (Å²) >= 11 is 0. The number of hydrogen-bond acceptors (Lipinski definition) is 5. The lowest BCUT2D eigenvalue weighted by Crippen LogP contribution is -2.38. The van der Waals surface area contributed by atoms with Crippen LogP contribution in [-0.4, -0.2) is 58.8 Å². The Morgan fingerprint density at radius 2 is 1.97 bits per heavy atom. The van der Waals surface area contributed by atoms with E-state index < -0.39 is 0 Å². The molecule has 1 amide bonds. The van der Waals surface area contributed by atoms with Crippen LogP contribution < -0.4 is 0 Å². The highest BCUT2D eigenvalue weighted by atomic mass is 16.5. The SMILES string of the molecule is CCOCc1cnc(C)nc1C1CCN(C(=O)c2cc(C)n(CCCOC)c2C)CC1. The van der Waals surface area contributed by atoms with Gasteiger partial charge in [-0.25, -0.2) is 9.97 Å². The van der Waals surface area contributed by atoms with E-state index in [2.05, 4.69) is 16.5 Å². The second kappa shape index (κ2) is 10.9. The van der Waals surface area contributed by atoms with Crippen LogP contribution in [0.4, 0.5) is 0 Å². The van der Waals surface area contributed by atoms with E-state index in [0.717, 1.165) is 79.5 Å². The molecule has 0 aliphatic carbocycles. The van der Waals surface area contributed by atoms with Gasteiger partial charge in [0.25, 0.3) is 5.91 Å². The van der Waals surface area contributed by atoms with Crippen LogP contribution in [0, 0.1) is 20.8 Å². The summed E-state index contributed by atoms with van der Waals surface area (Å²) < 4.78 is 13.0. The van der Waals surface area contributed by atoms with Gasteiger partial charge in [-0.15, -0.1) is 0 Å². The first-order valence-corrected chi connectivity index (χ1v) is 11.3. The van der Waals surface area contributed by atoms with Crippen molar-refractivity contribution in [3.05, 3.63) is 46.3 Å². The zero-order valence-corrected chi connectivity index (χ0v) is 19.6. The Balaban J connectivity index is 1.67. The molecule has 2 aromatic heterocycles. The van der Waals surface area contributed by atoms with Crippen molar-refractivity contribution in [3.63, 3.8) is 0 Å². The van der Waals surface area contributed by atoms with Gasteiger partial charge in [-0.1, -0.05) is 0 Å². The standard InChI is InChI=1S/C24H36N4O3/c1-6-31-16-21-15-25-19(4)26-23(21)20-8-11-27(12-9-20)24(29)22-14-17(2)28(18(22)3)10-7-13-30-5/h14-15,20H,6-13,16H2,1-5H3. The monoisotopic (exact) mass is 428 g/mol. The summed E-state index contributed by atoms with van der Waals surface area (Å²) in [6.45, 7) is 12.3. The maximum Gasteiger partial charge on any atom is 0.255 e. The number of carbonyl (C=O) groups excluding carboxylic acids is 1. The van der Waals surface area contributed by atoms with Crippen molar-refractivity contribution in [3.8, 4) is 0 Å². The van der Waals surface area contributed by atoms with Crippen molar-refractivity contribution in [2.45, 2.75) is 66.0 Å². The lowest BCUT2D eigenvalue weighted by atomic mass is 9.90. The Labute approximate surface area is 185 Å². The van der Waals surface area contributed by atoms with E-state index in [1.165, 1.54) is 0 Å². The van der Waals surface area contributed by atoms with Crippen LogP contribution in [0.25, 0.3) is 0 Å². The molecule has 2 aromatic rings. The fourth-order valence-corrected chi connectivity index (χ4v) is 4.44. The van der Waals surface area contributed by atoms with Crippen LogP contribution >= 0.6 is 0 Å². The van der Waals surface area contributed by atoms with E-state index in [9.17, 15) is 4.79 Å². The van der Waals surface area contributed by atoms with Crippen LogP contribution in [0.5, 0.6) is 0 Å². The largest absolute Gasteiger partial charge is 0.385 e. The molecule has 0 bridgehead atoms. The zero-order chi connectivity index (χ0) is 22.4. The molecule has 1 fully saturated rings. The van der Waals surface area contributed by atoms with E-state index in [1.807, 2.05) is 37.9 Å². The fourth-order valence-electron chi connectivity index (χ4n) is 4.44. The second-order valence-electron chi connectivity index (χ2n) is 8.31. The lowest BCUT2D eigenvalue weighted by molar-refractivity contribution is 0.0709. The van der Waals surface area contributed by atoms with Gasteiger partial charge < -0.3 is 18.9 Å². The molecule has 3 heterocycles. The summed E-state index contributed by atoms with van der Waals surface area (Å²) in [5.74, 6) is 1.26. The molecule has 1 aliphatic heterocycles. The zero-order valence-electron chi connectivity index (χ0n) is 19.6. The number of amides is 1. The van der Waals surface area contributed by atoms with Crippen molar-refractivity contribution in [1.29, 1.82) is 0 Å². The highest BCUT2D eigenvalue weighted by Gasteiger charge is 2.28. The average molecular weight is 429 g/mol. The van der Waals surface area contributed by atoms with Gasteiger partial charge >= 0.3 is 0 Å². The molecule has 0 N–H and O–H groups in total. The molecule has 1 aliphatic rings. The fraction of sp³-hybridized carbons (Fsp3) is 0.625. The van der Waals surface area contributed by atoms with Gasteiger partial charge in [0.05, 0.1) is 17.9 Å². The van der Waals surface area contributed by atoms with Gasteiger partial charge in [-0.3, -0.25) is 4.79 Å². The van der Waals surface area contributed by atoms with Gasteiger partial charge in [-0.2, -0.15) is 0 Å². The molecule has 0 radical (unpaired) electrons. The van der Waals surface area contributed by atoms with Gasteiger partial charge in [0.2, 0.25) is 0 Å². The molecule has 31 heavy (non-hydrogen) atoms. The van der Waals surface area contributed by atoms with Gasteiger partial charge in [0.15, 0.2) is 0 Å². The molecule has 7 heteroatoms. The van der Waals surface area contributed by atoms with E-state index in [-0.39, 0.29) is 5.91 Å². The summed E-state index contributed by atoms with van der Waals surface area (Å²) in [6.07, 6.45) is 4.65. The molecule has 0 unspecified atom stereocenters. The Bertz CT molecular complexity index is 885. The van der Waals surface area contributed by atoms with E-state index in [1.54, 1.807) is 7.11 Å². The van der Waals surface area contributed by atoms with E-state index >= 15 is 0 Å². The number of ether oxygens (including phenoxy) is 2. The first-order chi connectivity index (χ1) is 15.0. The first-order valence-electron chi connectivity index (χ1n) is 11.3. The number of aromatic nitrogens is 3. The molecular weight excluding hydrogens is 392 g/mol. The third-order valence-corrected chi connectivity index (χ3v) is 6.18. The van der Waals surface area contributed by atoms with E-state index in [4.69, 9.17) is 14.5 Å². The molecule has 0 aromatic carbocycles. The molecule has 1 saturated heterocycles. The number of likely N-dealkylation sites (tertiary alicyclic amines) is 1. The summed E-state index contributed by atoms with van der Waals surface area (Å²) in [7, 11) is 1.72. The topological polar surface area (TPSA) is 69.5 Å². The molecule has 0 saturated carbocycles. The molecule has 0 atom stereocenters. The highest BCUT2D eigenvalue weighted by molar-refractivity contribution is 5.95. The maximum absolute atomic E-state index is 13.3. The summed E-state index contributed by atoms with van der Waals surface area (Å²) in [4.78, 5) is 24.3. The number of piperidine rings is 1. The summed E-state index contributed by atoms with van der Waals surface area (Å²) in [5, 5.41) is 0. The molecule has 0 spiro atoms. The second-order valence-corrected chi connectivity index (χ2v) is 8.31. The van der Waals surface area contributed by atoms with Crippen LogP contribution in [-0.2, 0) is 22.6 Å². The van der Waals surface area contributed by atoms with Crippen molar-refractivity contribution in [1.82, 2.24) is 19.4 Å². The lowest BCUT2D eigenvalue weighted by Gasteiger charge is -2.32. The summed E-state index contributed by atoms with van der Waals surface area (Å²) in [5.41, 5.74) is 5.15. The van der Waals surface area contributed by atoms with Crippen LogP contribution in [0.1, 0.15) is 70.9 Å². The highest BCUT2D eigenvalue weighted by Crippen LogP contribution is 2.30. The summed E-state index contributed by atoms with van der Waals surface area (Å²) in [6, 6.07) is 2.03.